The van der Waals surface area contributed by atoms with Gasteiger partial charge in [-0.25, -0.2) is 0 Å². The first-order valence-electron chi connectivity index (χ1n) is 7.77. The molecule has 0 radical (unpaired) electrons. The minimum atomic E-state index is 0.786. The highest BCUT2D eigenvalue weighted by atomic mass is 35.5. The van der Waals surface area contributed by atoms with E-state index in [1.165, 1.54) is 0 Å². The molecule has 4 aromatic carbocycles. The minimum absolute atomic E-state index is 0.786. The number of hydrogen-bond acceptors (Lipinski definition) is 2. The van der Waals surface area contributed by atoms with Gasteiger partial charge in [0, 0.05) is 16.3 Å². The van der Waals surface area contributed by atoms with Crippen molar-refractivity contribution in [2.45, 2.75) is 0 Å². The number of rotatable bonds is 3. The first-order chi connectivity index (χ1) is 11.8. The smallest absolute Gasteiger partial charge is 0.0563 e. The second kappa shape index (κ2) is 6.34. The maximum absolute atomic E-state index is 6.62. The van der Waals surface area contributed by atoms with Crippen LogP contribution in [0.2, 0.25) is 5.02 Å². The lowest BCUT2D eigenvalue weighted by Crippen LogP contribution is -1.93. The average Bonchev–Trinajstić information content (AvgIpc) is 2.65. The van der Waals surface area contributed by atoms with E-state index in [1.807, 2.05) is 72.9 Å². The summed E-state index contributed by atoms with van der Waals surface area (Å²) in [7, 11) is 0. The molecule has 0 aliphatic heterocycles. The van der Waals surface area contributed by atoms with Gasteiger partial charge in [-0.05, 0) is 22.9 Å². The summed E-state index contributed by atoms with van der Waals surface area (Å²) in [5.74, 6) is 0. The van der Waals surface area contributed by atoms with E-state index in [0.29, 0.717) is 0 Å². The number of fused-ring (bicyclic) bond motifs is 2. The fourth-order valence-electron chi connectivity index (χ4n) is 2.93. The van der Waals surface area contributed by atoms with Crippen LogP contribution in [-0.2, 0) is 0 Å². The van der Waals surface area contributed by atoms with Gasteiger partial charge in [0.2, 0.25) is 0 Å². The Morgan fingerprint density at radius 2 is 1.17 bits per heavy atom. The number of nitrogens with zero attached hydrogens (tertiary/aromatic N) is 1. The third-order valence-corrected chi connectivity index (χ3v) is 4.48. The van der Waals surface area contributed by atoms with E-state index in [-0.39, 0.29) is 0 Å². The van der Waals surface area contributed by atoms with Gasteiger partial charge in [0.15, 0.2) is 0 Å². The normalized spacial score (nSPS) is 11.4. The number of hydrazone groups is 1. The van der Waals surface area contributed by atoms with Gasteiger partial charge in [-0.3, -0.25) is 5.43 Å². The van der Waals surface area contributed by atoms with Crippen molar-refractivity contribution in [2.75, 3.05) is 5.43 Å². The molecule has 2 nitrogen and oxygen atoms in total. The summed E-state index contributed by atoms with van der Waals surface area (Å²) in [4.78, 5) is 0. The van der Waals surface area contributed by atoms with Crippen LogP contribution in [0.25, 0.3) is 21.5 Å². The SMILES string of the molecule is Clc1c2ccccc2c(C=NNc2ccccc2)c2ccccc12. The van der Waals surface area contributed by atoms with Gasteiger partial charge in [0.05, 0.1) is 16.9 Å². The second-order valence-electron chi connectivity index (χ2n) is 5.55. The molecule has 0 spiro atoms. The molecule has 116 valence electrons. The average molecular weight is 331 g/mol. The summed E-state index contributed by atoms with van der Waals surface area (Å²) < 4.78 is 0. The van der Waals surface area contributed by atoms with E-state index in [2.05, 4.69) is 22.7 Å². The zero-order valence-electron chi connectivity index (χ0n) is 12.9. The molecule has 0 saturated heterocycles. The van der Waals surface area contributed by atoms with Crippen LogP contribution in [0.3, 0.4) is 0 Å². The van der Waals surface area contributed by atoms with Crippen LogP contribution in [0.1, 0.15) is 5.56 Å². The predicted molar refractivity (Wildman–Crippen MR) is 104 cm³/mol. The summed E-state index contributed by atoms with van der Waals surface area (Å²) in [6.07, 6.45) is 1.87. The van der Waals surface area contributed by atoms with Crippen molar-refractivity contribution in [3.05, 3.63) is 89.4 Å². The molecule has 4 rings (SSSR count). The molecule has 0 unspecified atom stereocenters. The molecule has 3 heteroatoms. The Morgan fingerprint density at radius 3 is 1.75 bits per heavy atom. The van der Waals surface area contributed by atoms with Crippen LogP contribution in [0.15, 0.2) is 84.0 Å². The molecule has 0 atom stereocenters. The molecule has 0 aliphatic rings. The van der Waals surface area contributed by atoms with E-state index in [1.54, 1.807) is 0 Å². The van der Waals surface area contributed by atoms with Crippen molar-refractivity contribution in [1.82, 2.24) is 0 Å². The van der Waals surface area contributed by atoms with Gasteiger partial charge in [-0.1, -0.05) is 78.3 Å². The monoisotopic (exact) mass is 330 g/mol. The van der Waals surface area contributed by atoms with Gasteiger partial charge >= 0.3 is 0 Å². The molecule has 0 fully saturated rings. The van der Waals surface area contributed by atoms with Crippen molar-refractivity contribution in [3.8, 4) is 0 Å². The summed E-state index contributed by atoms with van der Waals surface area (Å²) in [5.41, 5.74) is 5.09. The zero-order valence-corrected chi connectivity index (χ0v) is 13.7. The Kier molecular flexibility index (Phi) is 3.89. The molecule has 0 aromatic heterocycles. The van der Waals surface area contributed by atoms with Gasteiger partial charge in [-0.15, -0.1) is 0 Å². The molecule has 24 heavy (non-hydrogen) atoms. The number of hydrogen-bond donors (Lipinski definition) is 1. The van der Waals surface area contributed by atoms with Crippen molar-refractivity contribution >= 4 is 45.0 Å². The lowest BCUT2D eigenvalue weighted by molar-refractivity contribution is 1.35. The van der Waals surface area contributed by atoms with Crippen LogP contribution in [0.4, 0.5) is 5.69 Å². The number of para-hydroxylation sites is 1. The lowest BCUT2D eigenvalue weighted by Gasteiger charge is -2.10. The standard InChI is InChI=1S/C21H15ClN2/c22-21-18-12-6-4-10-16(18)20(17-11-5-7-13-19(17)21)14-23-24-15-8-2-1-3-9-15/h1-14,24H. The molecule has 0 aliphatic carbocycles. The Labute approximate surface area is 145 Å². The molecule has 1 N–H and O–H groups in total. The fourth-order valence-corrected chi connectivity index (χ4v) is 3.26. The van der Waals surface area contributed by atoms with Gasteiger partial charge in [0.1, 0.15) is 0 Å². The lowest BCUT2D eigenvalue weighted by atomic mass is 9.97. The molecule has 4 aromatic rings. The Morgan fingerprint density at radius 1 is 0.667 bits per heavy atom. The quantitative estimate of drug-likeness (QED) is 0.274. The Balaban J connectivity index is 1.87. The highest BCUT2D eigenvalue weighted by Gasteiger charge is 2.10. The number of halogens is 1. The third-order valence-electron chi connectivity index (χ3n) is 4.07. The molecule has 0 amide bonds. The fraction of sp³-hybridized carbons (Fsp3) is 0. The first-order valence-corrected chi connectivity index (χ1v) is 8.15. The van der Waals surface area contributed by atoms with E-state index in [4.69, 9.17) is 11.6 Å². The Hall–Kier alpha value is -2.84. The molecule has 0 bridgehead atoms. The van der Waals surface area contributed by atoms with Crippen LogP contribution in [0, 0.1) is 0 Å². The van der Waals surface area contributed by atoms with Crippen LogP contribution in [0.5, 0.6) is 0 Å². The minimum Gasteiger partial charge on any atom is -0.279 e. The summed E-state index contributed by atoms with van der Waals surface area (Å²) in [6, 6.07) is 26.2. The summed E-state index contributed by atoms with van der Waals surface area (Å²) in [6.45, 7) is 0. The maximum Gasteiger partial charge on any atom is 0.0563 e. The largest absolute Gasteiger partial charge is 0.279 e. The number of benzene rings is 4. The van der Waals surface area contributed by atoms with Crippen molar-refractivity contribution in [1.29, 1.82) is 0 Å². The van der Waals surface area contributed by atoms with Gasteiger partial charge < -0.3 is 0 Å². The zero-order chi connectivity index (χ0) is 16.4. The Bertz CT molecular complexity index is 983. The first kappa shape index (κ1) is 14.7. The molecule has 0 saturated carbocycles. The topological polar surface area (TPSA) is 24.4 Å². The van der Waals surface area contributed by atoms with Crippen molar-refractivity contribution < 1.29 is 0 Å². The van der Waals surface area contributed by atoms with E-state index in [0.717, 1.165) is 37.8 Å². The van der Waals surface area contributed by atoms with Crippen LogP contribution >= 0.6 is 11.6 Å². The summed E-state index contributed by atoms with van der Waals surface area (Å²) in [5, 5.41) is 9.49. The molecular weight excluding hydrogens is 316 g/mol. The van der Waals surface area contributed by atoms with E-state index < -0.39 is 0 Å². The number of nitrogens with one attached hydrogen (secondary N) is 1. The van der Waals surface area contributed by atoms with E-state index in [9.17, 15) is 0 Å². The van der Waals surface area contributed by atoms with Crippen molar-refractivity contribution in [3.63, 3.8) is 0 Å². The summed E-state index contributed by atoms with van der Waals surface area (Å²) >= 11 is 6.62. The predicted octanol–water partition coefficient (Wildman–Crippen LogP) is 6.09. The highest BCUT2D eigenvalue weighted by Crippen LogP contribution is 2.35. The molecular formula is C21H15ClN2. The van der Waals surface area contributed by atoms with Gasteiger partial charge in [0.25, 0.3) is 0 Å². The van der Waals surface area contributed by atoms with Crippen molar-refractivity contribution in [2.24, 2.45) is 5.10 Å². The number of anilines is 1. The van der Waals surface area contributed by atoms with Crippen LogP contribution in [-0.4, -0.2) is 6.21 Å². The maximum atomic E-state index is 6.62. The third kappa shape index (κ3) is 2.61. The molecule has 0 heterocycles. The van der Waals surface area contributed by atoms with E-state index >= 15 is 0 Å². The highest BCUT2D eigenvalue weighted by molar-refractivity contribution is 6.42. The van der Waals surface area contributed by atoms with Crippen LogP contribution < -0.4 is 5.43 Å². The second-order valence-corrected chi connectivity index (χ2v) is 5.93. The van der Waals surface area contributed by atoms with Gasteiger partial charge in [-0.2, -0.15) is 5.10 Å².